The predicted molar refractivity (Wildman–Crippen MR) is 111 cm³/mol. The molecular formula is C24H26N2O2. The second kappa shape index (κ2) is 6.54. The number of hydrogen-bond donors (Lipinski definition) is 0. The molecule has 0 N–H and O–H groups in total. The second-order valence-electron chi connectivity index (χ2n) is 9.31. The third kappa shape index (κ3) is 3.05. The summed E-state index contributed by atoms with van der Waals surface area (Å²) in [5, 5.41) is 10.8. The van der Waals surface area contributed by atoms with Crippen LogP contribution >= 0.6 is 0 Å². The van der Waals surface area contributed by atoms with Crippen LogP contribution in [0.15, 0.2) is 47.5 Å². The smallest absolute Gasteiger partial charge is 0.258 e. The number of rotatable bonds is 4. The lowest BCUT2D eigenvalue weighted by atomic mass is 9.48. The Morgan fingerprint density at radius 2 is 1.61 bits per heavy atom. The van der Waals surface area contributed by atoms with E-state index in [2.05, 4.69) is 30.1 Å². The molecule has 144 valence electrons. The Morgan fingerprint density at radius 3 is 2.14 bits per heavy atom. The van der Waals surface area contributed by atoms with E-state index in [9.17, 15) is 10.1 Å². The first-order chi connectivity index (χ1) is 13.5. The third-order valence-electron chi connectivity index (χ3n) is 7.30. The highest BCUT2D eigenvalue weighted by atomic mass is 16.6. The molecule has 28 heavy (non-hydrogen) atoms. The van der Waals surface area contributed by atoms with E-state index in [0.717, 1.165) is 29.0 Å². The summed E-state index contributed by atoms with van der Waals surface area (Å²) in [5.74, 6) is 2.85. The zero-order valence-corrected chi connectivity index (χ0v) is 16.3. The minimum atomic E-state index is -0.381. The van der Waals surface area contributed by atoms with E-state index in [1.54, 1.807) is 18.3 Å². The summed E-state index contributed by atoms with van der Waals surface area (Å²) in [7, 11) is 0. The van der Waals surface area contributed by atoms with Gasteiger partial charge in [-0.15, -0.1) is 0 Å². The number of nitro groups is 1. The van der Waals surface area contributed by atoms with E-state index >= 15 is 0 Å². The van der Waals surface area contributed by atoms with Gasteiger partial charge in [0.2, 0.25) is 0 Å². The lowest BCUT2D eigenvalue weighted by Crippen LogP contribution is -2.48. The Morgan fingerprint density at radius 1 is 1.00 bits per heavy atom. The van der Waals surface area contributed by atoms with Gasteiger partial charge in [0, 0.05) is 18.3 Å². The zero-order valence-electron chi connectivity index (χ0n) is 16.3. The van der Waals surface area contributed by atoms with Crippen LogP contribution in [0.3, 0.4) is 0 Å². The maximum absolute atomic E-state index is 10.8. The molecule has 0 saturated heterocycles. The van der Waals surface area contributed by atoms with Crippen LogP contribution in [-0.2, 0) is 5.41 Å². The summed E-state index contributed by atoms with van der Waals surface area (Å²) in [5.41, 5.74) is 5.11. The summed E-state index contributed by atoms with van der Waals surface area (Å²) >= 11 is 0. The largest absolute Gasteiger partial charge is 0.269 e. The van der Waals surface area contributed by atoms with Crippen molar-refractivity contribution in [2.75, 3.05) is 0 Å². The van der Waals surface area contributed by atoms with Gasteiger partial charge in [-0.05, 0) is 104 Å². The molecule has 0 unspecified atom stereocenters. The normalized spacial score (nSPS) is 30.8. The number of aryl methyl sites for hydroxylation is 1. The van der Waals surface area contributed by atoms with Crippen molar-refractivity contribution in [3.8, 4) is 0 Å². The van der Waals surface area contributed by atoms with Crippen molar-refractivity contribution in [1.29, 1.82) is 0 Å². The molecule has 2 aromatic rings. The quantitative estimate of drug-likeness (QED) is 0.368. The van der Waals surface area contributed by atoms with E-state index in [0.29, 0.717) is 5.41 Å². The molecule has 6 rings (SSSR count). The Hall–Kier alpha value is -2.49. The SMILES string of the molecule is Cc1cc(C23CC4CC(CC(C4)C2)C3)ccc1N=Cc1ccc([N+](=O)[O-])cc1. The molecule has 4 aliphatic carbocycles. The molecule has 0 radical (unpaired) electrons. The highest BCUT2D eigenvalue weighted by molar-refractivity contribution is 5.82. The number of nitro benzene ring substituents is 1. The second-order valence-corrected chi connectivity index (χ2v) is 9.31. The molecule has 0 aliphatic heterocycles. The predicted octanol–water partition coefficient (Wildman–Crippen LogP) is 6.12. The Labute approximate surface area is 165 Å². The number of aliphatic imine (C=N–C) groups is 1. The number of hydrogen-bond acceptors (Lipinski definition) is 3. The van der Waals surface area contributed by atoms with Crippen LogP contribution in [0.25, 0.3) is 0 Å². The van der Waals surface area contributed by atoms with E-state index in [4.69, 9.17) is 0 Å². The minimum absolute atomic E-state index is 0.105. The highest BCUT2D eigenvalue weighted by Gasteiger charge is 2.51. The van der Waals surface area contributed by atoms with E-state index in [1.165, 1.54) is 61.8 Å². The number of non-ortho nitro benzene ring substituents is 1. The molecule has 0 spiro atoms. The van der Waals surface area contributed by atoms with Crippen LogP contribution in [0.2, 0.25) is 0 Å². The summed E-state index contributed by atoms with van der Waals surface area (Å²) < 4.78 is 0. The average Bonchev–Trinajstić information content (AvgIpc) is 2.66. The molecule has 0 aromatic heterocycles. The molecule has 4 bridgehead atoms. The van der Waals surface area contributed by atoms with Gasteiger partial charge in [-0.3, -0.25) is 15.1 Å². The van der Waals surface area contributed by atoms with E-state index in [1.807, 2.05) is 0 Å². The molecule has 4 nitrogen and oxygen atoms in total. The van der Waals surface area contributed by atoms with Crippen LogP contribution in [0, 0.1) is 34.8 Å². The first-order valence-electron chi connectivity index (χ1n) is 10.4. The molecule has 0 amide bonds. The van der Waals surface area contributed by atoms with Gasteiger partial charge in [0.15, 0.2) is 0 Å². The third-order valence-corrected chi connectivity index (χ3v) is 7.30. The zero-order chi connectivity index (χ0) is 19.3. The topological polar surface area (TPSA) is 55.5 Å². The van der Waals surface area contributed by atoms with Crippen LogP contribution in [0.4, 0.5) is 11.4 Å². The fraction of sp³-hybridized carbons (Fsp3) is 0.458. The van der Waals surface area contributed by atoms with Gasteiger partial charge >= 0.3 is 0 Å². The molecule has 4 fully saturated rings. The lowest BCUT2D eigenvalue weighted by Gasteiger charge is -2.57. The van der Waals surface area contributed by atoms with Crippen molar-refractivity contribution in [1.82, 2.24) is 0 Å². The molecule has 4 heteroatoms. The van der Waals surface area contributed by atoms with Crippen molar-refractivity contribution in [2.45, 2.75) is 50.9 Å². The van der Waals surface area contributed by atoms with Gasteiger partial charge in [0.25, 0.3) is 5.69 Å². The van der Waals surface area contributed by atoms with Gasteiger partial charge in [0.1, 0.15) is 0 Å². The maximum Gasteiger partial charge on any atom is 0.269 e. The van der Waals surface area contributed by atoms with Crippen molar-refractivity contribution in [2.24, 2.45) is 22.7 Å². The first-order valence-corrected chi connectivity index (χ1v) is 10.4. The van der Waals surface area contributed by atoms with Crippen molar-refractivity contribution in [3.63, 3.8) is 0 Å². The summed E-state index contributed by atoms with van der Waals surface area (Å²) in [6, 6.07) is 13.3. The van der Waals surface area contributed by atoms with Crippen LogP contribution in [0.1, 0.15) is 55.2 Å². The number of nitrogens with zero attached hydrogens (tertiary/aromatic N) is 2. The van der Waals surface area contributed by atoms with Gasteiger partial charge in [-0.1, -0.05) is 12.1 Å². The molecule has 2 aromatic carbocycles. The summed E-state index contributed by atoms with van der Waals surface area (Å²) in [4.78, 5) is 15.0. The van der Waals surface area contributed by atoms with E-state index < -0.39 is 0 Å². The molecule has 0 atom stereocenters. The first kappa shape index (κ1) is 17.6. The fourth-order valence-corrected chi connectivity index (χ4v) is 6.42. The summed E-state index contributed by atoms with van der Waals surface area (Å²) in [6.45, 7) is 2.15. The van der Waals surface area contributed by atoms with E-state index in [-0.39, 0.29) is 10.6 Å². The molecule has 4 saturated carbocycles. The van der Waals surface area contributed by atoms with Crippen LogP contribution in [-0.4, -0.2) is 11.1 Å². The highest BCUT2D eigenvalue weighted by Crippen LogP contribution is 2.60. The Bertz CT molecular complexity index is 910. The Balaban J connectivity index is 1.37. The van der Waals surface area contributed by atoms with Crippen LogP contribution < -0.4 is 0 Å². The van der Waals surface area contributed by atoms with Crippen molar-refractivity contribution >= 4 is 17.6 Å². The molecule has 0 heterocycles. The fourth-order valence-electron chi connectivity index (χ4n) is 6.42. The molecular weight excluding hydrogens is 348 g/mol. The van der Waals surface area contributed by atoms with Crippen molar-refractivity contribution < 1.29 is 4.92 Å². The van der Waals surface area contributed by atoms with Crippen molar-refractivity contribution in [3.05, 3.63) is 69.3 Å². The van der Waals surface area contributed by atoms with Gasteiger partial charge < -0.3 is 0 Å². The Kier molecular flexibility index (Phi) is 4.11. The van der Waals surface area contributed by atoms with Crippen LogP contribution in [0.5, 0.6) is 0 Å². The van der Waals surface area contributed by atoms with Gasteiger partial charge in [0.05, 0.1) is 10.6 Å². The standard InChI is InChI=1S/C24H26N2O2/c1-16-8-21(24-12-18-9-19(13-24)11-20(10-18)14-24)4-7-23(16)25-15-17-2-5-22(6-3-17)26(27)28/h2-8,15,18-20H,9-14H2,1H3. The monoisotopic (exact) mass is 374 g/mol. The maximum atomic E-state index is 10.8. The lowest BCUT2D eigenvalue weighted by molar-refractivity contribution is -0.384. The molecule has 4 aliphatic rings. The number of benzene rings is 2. The van der Waals surface area contributed by atoms with Gasteiger partial charge in [-0.2, -0.15) is 0 Å². The minimum Gasteiger partial charge on any atom is -0.258 e. The average molecular weight is 374 g/mol. The summed E-state index contributed by atoms with van der Waals surface area (Å²) in [6.07, 6.45) is 10.3. The van der Waals surface area contributed by atoms with Gasteiger partial charge in [-0.25, -0.2) is 0 Å².